The third-order valence-electron chi connectivity index (χ3n) is 17.3. The van der Waals surface area contributed by atoms with Crippen molar-refractivity contribution >= 4 is 0 Å². The van der Waals surface area contributed by atoms with E-state index in [9.17, 15) is 40.9 Å². The number of hydrogen-bond donors (Lipinski definition) is 8. The average Bonchev–Trinajstić information content (AvgIpc) is 3.79. The number of aliphatic hydroxyl groups excluding tert-OH is 8. The molecule has 5 aliphatic heterocycles. The molecule has 8 N–H and O–H groups in total. The van der Waals surface area contributed by atoms with Crippen LogP contribution in [0, 0.1) is 46.3 Å². The van der Waals surface area contributed by atoms with Crippen molar-refractivity contribution in [3.8, 4) is 0 Å². The lowest BCUT2D eigenvalue weighted by Gasteiger charge is -2.58. The van der Waals surface area contributed by atoms with E-state index in [0.29, 0.717) is 48.3 Å². The Labute approximate surface area is 352 Å². The lowest BCUT2D eigenvalue weighted by atomic mass is 9.47. The van der Waals surface area contributed by atoms with Gasteiger partial charge in [0.05, 0.1) is 38.1 Å². The molecule has 2 unspecified atom stereocenters. The van der Waals surface area contributed by atoms with Crippen molar-refractivity contribution in [3.05, 3.63) is 11.6 Å². The molecule has 0 aromatic heterocycles. The van der Waals surface area contributed by atoms with Gasteiger partial charge in [-0.15, -0.1) is 0 Å². The Morgan fingerprint density at radius 1 is 0.700 bits per heavy atom. The highest BCUT2D eigenvalue weighted by molar-refractivity contribution is 5.26. The summed E-state index contributed by atoms with van der Waals surface area (Å²) in [5.74, 6) is 2.65. The van der Waals surface area contributed by atoms with E-state index < -0.39 is 105 Å². The van der Waals surface area contributed by atoms with Gasteiger partial charge in [-0.3, -0.25) is 0 Å². The Balaban J connectivity index is 0.913. The van der Waals surface area contributed by atoms with Gasteiger partial charge < -0.3 is 78.7 Å². The van der Waals surface area contributed by atoms with Crippen molar-refractivity contribution in [2.45, 2.75) is 196 Å². The van der Waals surface area contributed by atoms with E-state index in [1.165, 1.54) is 18.9 Å². The van der Waals surface area contributed by atoms with Crippen LogP contribution >= 0.6 is 0 Å². The molecule has 5 heterocycles. The Kier molecular flexibility index (Phi) is 12.2. The summed E-state index contributed by atoms with van der Waals surface area (Å²) in [6.07, 6.45) is -8.79. The summed E-state index contributed by atoms with van der Waals surface area (Å²) in [6.45, 7) is 10.7. The SMILES string of the molecule is C[C@@H]1CC[C@@]2(OC1)OC1C[C@H]3[C@@H]4CC=C5C[C@@H](O[C@@H]6O[C@H](CO)[C@@H](O[C@@H]7O[C@@H](CO)[C@H](O)[C@H]7O)[C@H](O)[C@H]6O[C@@H]6O[C@@H](C)[C@H](O)[C@@H](O)[C@H]6O)CC[C@]5(C)[C@H]4CC[C@]3(C)C1[C@@H]2C. The summed E-state index contributed by atoms with van der Waals surface area (Å²) >= 11 is 0. The molecule has 0 radical (unpaired) electrons. The third-order valence-corrected chi connectivity index (χ3v) is 17.3. The molecule has 9 aliphatic rings. The van der Waals surface area contributed by atoms with E-state index >= 15 is 0 Å². The van der Waals surface area contributed by atoms with Gasteiger partial charge in [0, 0.05) is 12.3 Å². The number of fused-ring (bicyclic) bond motifs is 7. The summed E-state index contributed by atoms with van der Waals surface area (Å²) < 4.78 is 49.9. The van der Waals surface area contributed by atoms with Crippen molar-refractivity contribution in [1.82, 2.24) is 0 Å². The molecular weight excluding hydrogens is 784 g/mol. The van der Waals surface area contributed by atoms with Crippen LogP contribution in [0.3, 0.4) is 0 Å². The number of allylic oxidation sites excluding steroid dienone is 1. The van der Waals surface area contributed by atoms with Crippen molar-refractivity contribution in [2.24, 2.45) is 46.3 Å². The van der Waals surface area contributed by atoms with E-state index in [0.717, 1.165) is 45.1 Å². The predicted molar refractivity (Wildman–Crippen MR) is 208 cm³/mol. The molecule has 0 aromatic rings. The fraction of sp³-hybridized carbons (Fsp3) is 0.955. The van der Waals surface area contributed by atoms with Crippen LogP contribution in [-0.4, -0.2) is 165 Å². The first-order valence-corrected chi connectivity index (χ1v) is 22.8. The number of aliphatic hydroxyl groups is 8. The molecular formula is C44H70O16. The van der Waals surface area contributed by atoms with Gasteiger partial charge in [0.25, 0.3) is 0 Å². The lowest BCUT2D eigenvalue weighted by molar-refractivity contribution is -0.380. The summed E-state index contributed by atoms with van der Waals surface area (Å²) in [5, 5.41) is 84.8. The Hall–Kier alpha value is -0.900. The number of rotatable bonds is 8. The van der Waals surface area contributed by atoms with Crippen LogP contribution in [0.1, 0.15) is 92.4 Å². The predicted octanol–water partition coefficient (Wildman–Crippen LogP) is 0.853. The van der Waals surface area contributed by atoms with Gasteiger partial charge in [-0.2, -0.15) is 0 Å². The van der Waals surface area contributed by atoms with Crippen molar-refractivity contribution < 1.29 is 78.7 Å². The average molecular weight is 855 g/mol. The van der Waals surface area contributed by atoms with E-state index in [-0.39, 0.29) is 23.0 Å². The molecule has 0 bridgehead atoms. The quantitative estimate of drug-likeness (QED) is 0.158. The van der Waals surface area contributed by atoms with Crippen molar-refractivity contribution in [1.29, 1.82) is 0 Å². The highest BCUT2D eigenvalue weighted by Crippen LogP contribution is 2.70. The van der Waals surface area contributed by atoms with Gasteiger partial charge >= 0.3 is 0 Å². The molecule has 60 heavy (non-hydrogen) atoms. The summed E-state index contributed by atoms with van der Waals surface area (Å²) in [4.78, 5) is 0. The van der Waals surface area contributed by atoms with Gasteiger partial charge in [0.2, 0.25) is 0 Å². The van der Waals surface area contributed by atoms with Crippen molar-refractivity contribution in [3.63, 3.8) is 0 Å². The van der Waals surface area contributed by atoms with Crippen LogP contribution in [0.2, 0.25) is 0 Å². The topological polar surface area (TPSA) is 236 Å². The molecule has 16 heteroatoms. The first-order chi connectivity index (χ1) is 28.5. The molecule has 5 saturated heterocycles. The molecule has 1 spiro atoms. The van der Waals surface area contributed by atoms with Crippen LogP contribution in [0.5, 0.6) is 0 Å². The fourth-order valence-corrected chi connectivity index (χ4v) is 13.8. The highest BCUT2D eigenvalue weighted by atomic mass is 16.8. The molecule has 342 valence electrons. The zero-order valence-corrected chi connectivity index (χ0v) is 35.6. The molecule has 0 aromatic carbocycles. The first-order valence-electron chi connectivity index (χ1n) is 22.8. The van der Waals surface area contributed by atoms with Crippen LogP contribution in [0.15, 0.2) is 11.6 Å². The Morgan fingerprint density at radius 3 is 2.10 bits per heavy atom. The minimum absolute atomic E-state index is 0.0141. The van der Waals surface area contributed by atoms with Crippen LogP contribution < -0.4 is 0 Å². The van der Waals surface area contributed by atoms with Gasteiger partial charge in [0.1, 0.15) is 61.0 Å². The van der Waals surface area contributed by atoms with E-state index in [2.05, 4.69) is 33.8 Å². The molecule has 25 atom stereocenters. The lowest BCUT2D eigenvalue weighted by Crippen LogP contribution is -2.65. The molecule has 8 fully saturated rings. The fourth-order valence-electron chi connectivity index (χ4n) is 13.8. The van der Waals surface area contributed by atoms with E-state index in [4.69, 9.17) is 37.9 Å². The molecule has 3 saturated carbocycles. The minimum Gasteiger partial charge on any atom is -0.394 e. The van der Waals surface area contributed by atoms with Crippen LogP contribution in [0.25, 0.3) is 0 Å². The zero-order chi connectivity index (χ0) is 42.6. The van der Waals surface area contributed by atoms with Crippen LogP contribution in [-0.2, 0) is 37.9 Å². The summed E-state index contributed by atoms with van der Waals surface area (Å²) in [6, 6.07) is 0. The maximum atomic E-state index is 11.9. The summed E-state index contributed by atoms with van der Waals surface area (Å²) in [5.41, 5.74) is 1.54. The smallest absolute Gasteiger partial charge is 0.187 e. The van der Waals surface area contributed by atoms with Gasteiger partial charge in [0.15, 0.2) is 24.7 Å². The maximum Gasteiger partial charge on any atom is 0.187 e. The minimum atomic E-state index is -1.70. The standard InChI is InChI=1S/C44H70O16/c1-19-8-13-44(53-18-19)20(2)30-27(60-44)15-26-24-7-6-22-14-23(9-11-42(22,4)25(24)10-12-43(26,30)5)55-41-38(59-39-35(51)33(49)31(47)21(3)54-39)36(52)37(29(17-46)57-41)58-40-34(50)32(48)28(16-45)56-40/h6,19-21,23-41,45-52H,7-18H2,1-5H3/t19-,20+,21+,23+,24-,25+,26+,27?,28+,29-,30?,31+,32+,33-,34-,35-,36+,37-,38-,39+,40+,41-,42+,43+,44-/m1/s1. The first kappa shape index (κ1) is 44.3. The normalized spacial score (nSPS) is 57.7. The zero-order valence-electron chi connectivity index (χ0n) is 35.6. The van der Waals surface area contributed by atoms with Crippen LogP contribution in [0.4, 0.5) is 0 Å². The Morgan fingerprint density at radius 2 is 1.40 bits per heavy atom. The second kappa shape index (κ2) is 16.5. The number of hydrogen-bond acceptors (Lipinski definition) is 16. The largest absolute Gasteiger partial charge is 0.394 e. The van der Waals surface area contributed by atoms with Crippen molar-refractivity contribution in [2.75, 3.05) is 19.8 Å². The number of ether oxygens (including phenoxy) is 8. The third kappa shape index (κ3) is 7.10. The molecule has 4 aliphatic carbocycles. The van der Waals surface area contributed by atoms with Gasteiger partial charge in [-0.1, -0.05) is 39.3 Å². The van der Waals surface area contributed by atoms with E-state index in [1.807, 2.05) is 0 Å². The highest BCUT2D eigenvalue weighted by Gasteiger charge is 2.69. The second-order valence-electron chi connectivity index (χ2n) is 20.6. The molecule has 9 rings (SSSR count). The van der Waals surface area contributed by atoms with Gasteiger partial charge in [-0.25, -0.2) is 0 Å². The monoisotopic (exact) mass is 854 g/mol. The van der Waals surface area contributed by atoms with E-state index in [1.54, 1.807) is 0 Å². The summed E-state index contributed by atoms with van der Waals surface area (Å²) in [7, 11) is 0. The van der Waals surface area contributed by atoms with Gasteiger partial charge in [-0.05, 0) is 98.7 Å². The second-order valence-corrected chi connectivity index (χ2v) is 20.6. The maximum absolute atomic E-state index is 11.9. The molecule has 16 nitrogen and oxygen atoms in total. The Bertz CT molecular complexity index is 1560. The molecule has 0 amide bonds.